The molecule has 1 unspecified atom stereocenters. The fraction of sp³-hybridized carbons (Fsp3) is 0.700. The third-order valence-corrected chi connectivity index (χ3v) is 2.37. The van der Waals surface area contributed by atoms with Crippen LogP contribution < -0.4 is 5.32 Å². The predicted molar refractivity (Wildman–Crippen MR) is 55.6 cm³/mol. The molecule has 0 bridgehead atoms. The zero-order valence-corrected chi connectivity index (χ0v) is 9.40. The van der Waals surface area contributed by atoms with Crippen molar-refractivity contribution in [1.29, 1.82) is 0 Å². The number of amides is 2. The van der Waals surface area contributed by atoms with Crippen molar-refractivity contribution in [2.24, 2.45) is 0 Å². The number of carboxylic acids is 1. The molecule has 0 aromatic carbocycles. The highest BCUT2D eigenvalue weighted by Gasteiger charge is 2.35. The summed E-state index contributed by atoms with van der Waals surface area (Å²) in [6.07, 6.45) is 1.68. The molecule has 6 nitrogen and oxygen atoms in total. The maximum Gasteiger partial charge on any atom is 0.323 e. The Hall–Kier alpha value is -1.59. The van der Waals surface area contributed by atoms with Crippen LogP contribution in [0.15, 0.2) is 0 Å². The summed E-state index contributed by atoms with van der Waals surface area (Å²) in [4.78, 5) is 34.6. The summed E-state index contributed by atoms with van der Waals surface area (Å²) in [5, 5.41) is 11.1. The van der Waals surface area contributed by atoms with E-state index in [0.29, 0.717) is 0 Å². The van der Waals surface area contributed by atoms with Gasteiger partial charge in [0.25, 0.3) is 0 Å². The normalized spacial score (nSPS) is 16.4. The minimum Gasteiger partial charge on any atom is -0.480 e. The van der Waals surface area contributed by atoms with Gasteiger partial charge in [-0.05, 0) is 19.8 Å². The van der Waals surface area contributed by atoms with Gasteiger partial charge in [0.1, 0.15) is 12.6 Å². The van der Waals surface area contributed by atoms with Crippen LogP contribution in [0, 0.1) is 0 Å². The largest absolute Gasteiger partial charge is 0.480 e. The molecular weight excluding hydrogens is 212 g/mol. The van der Waals surface area contributed by atoms with Gasteiger partial charge < -0.3 is 15.3 Å². The van der Waals surface area contributed by atoms with Gasteiger partial charge in [0, 0.05) is 13.0 Å². The Labute approximate surface area is 93.6 Å². The van der Waals surface area contributed by atoms with Crippen LogP contribution in [0.25, 0.3) is 0 Å². The smallest absolute Gasteiger partial charge is 0.323 e. The van der Waals surface area contributed by atoms with Crippen LogP contribution in [-0.2, 0) is 14.4 Å². The first kappa shape index (κ1) is 12.5. The summed E-state index contributed by atoms with van der Waals surface area (Å²) in [6.45, 7) is 2.58. The van der Waals surface area contributed by atoms with Crippen LogP contribution in [-0.4, -0.2) is 46.4 Å². The molecule has 1 aliphatic carbocycles. The van der Waals surface area contributed by atoms with E-state index < -0.39 is 12.0 Å². The Morgan fingerprint density at radius 2 is 2.00 bits per heavy atom. The van der Waals surface area contributed by atoms with Crippen LogP contribution in [0.2, 0.25) is 0 Å². The van der Waals surface area contributed by atoms with Gasteiger partial charge in [-0.15, -0.1) is 0 Å². The second-order valence-electron chi connectivity index (χ2n) is 4.01. The molecule has 2 N–H and O–H groups in total. The summed E-state index contributed by atoms with van der Waals surface area (Å²) in [5.41, 5.74) is 0. The molecule has 1 fully saturated rings. The Balaban J connectivity index is 2.59. The Bertz CT molecular complexity index is 312. The Morgan fingerprint density at radius 1 is 1.44 bits per heavy atom. The molecule has 0 aromatic heterocycles. The number of carbonyl (C=O) groups excluding carboxylic acids is 2. The van der Waals surface area contributed by atoms with Crippen molar-refractivity contribution in [3.63, 3.8) is 0 Å². The lowest BCUT2D eigenvalue weighted by atomic mass is 10.2. The average molecular weight is 228 g/mol. The van der Waals surface area contributed by atoms with E-state index in [2.05, 4.69) is 5.32 Å². The van der Waals surface area contributed by atoms with Crippen LogP contribution in [0.5, 0.6) is 0 Å². The molecule has 0 heterocycles. The van der Waals surface area contributed by atoms with E-state index in [1.165, 1.54) is 11.8 Å². The standard InChI is InChI=1S/C10H16N2O4/c1-6(11-7(2)13)10(16)12(5-9(14)15)8-3-4-8/h6,8H,3-5H2,1-2H3,(H,11,13)(H,14,15). The quantitative estimate of drug-likeness (QED) is 0.669. The summed E-state index contributed by atoms with van der Waals surface area (Å²) < 4.78 is 0. The van der Waals surface area contributed by atoms with E-state index in [4.69, 9.17) is 5.11 Å². The first-order valence-corrected chi connectivity index (χ1v) is 5.21. The van der Waals surface area contributed by atoms with Crippen LogP contribution in [0.3, 0.4) is 0 Å². The molecule has 2 amide bonds. The highest BCUT2D eigenvalue weighted by molar-refractivity contribution is 5.89. The van der Waals surface area contributed by atoms with E-state index in [1.54, 1.807) is 6.92 Å². The van der Waals surface area contributed by atoms with E-state index in [0.717, 1.165) is 12.8 Å². The molecule has 90 valence electrons. The molecule has 1 rings (SSSR count). The van der Waals surface area contributed by atoms with Crippen molar-refractivity contribution in [2.45, 2.75) is 38.8 Å². The van der Waals surface area contributed by atoms with Crippen molar-refractivity contribution in [3.8, 4) is 0 Å². The fourth-order valence-corrected chi connectivity index (χ4v) is 1.53. The maximum atomic E-state index is 11.8. The number of aliphatic carboxylic acids is 1. The van der Waals surface area contributed by atoms with Crippen LogP contribution in [0.4, 0.5) is 0 Å². The highest BCUT2D eigenvalue weighted by atomic mass is 16.4. The number of hydrogen-bond acceptors (Lipinski definition) is 3. The third-order valence-electron chi connectivity index (χ3n) is 2.37. The van der Waals surface area contributed by atoms with Gasteiger partial charge in [-0.3, -0.25) is 14.4 Å². The minimum absolute atomic E-state index is 0.0276. The third kappa shape index (κ3) is 3.52. The lowest BCUT2D eigenvalue weighted by Gasteiger charge is -2.24. The van der Waals surface area contributed by atoms with Crippen LogP contribution >= 0.6 is 0 Å². The molecule has 6 heteroatoms. The summed E-state index contributed by atoms with van der Waals surface area (Å²) in [5.74, 6) is -1.66. The first-order valence-electron chi connectivity index (χ1n) is 5.21. The molecule has 0 aromatic rings. The molecule has 0 aliphatic heterocycles. The molecule has 0 saturated heterocycles. The first-order chi connectivity index (χ1) is 7.41. The lowest BCUT2D eigenvalue weighted by molar-refractivity contribution is -0.146. The van der Waals surface area contributed by atoms with Crippen molar-refractivity contribution >= 4 is 17.8 Å². The zero-order chi connectivity index (χ0) is 12.3. The SMILES string of the molecule is CC(=O)NC(C)C(=O)N(CC(=O)O)C1CC1. The lowest BCUT2D eigenvalue weighted by Crippen LogP contribution is -2.48. The highest BCUT2D eigenvalue weighted by Crippen LogP contribution is 2.27. The summed E-state index contributed by atoms with van der Waals surface area (Å²) in [7, 11) is 0. The summed E-state index contributed by atoms with van der Waals surface area (Å²) in [6, 6.07) is -0.641. The van der Waals surface area contributed by atoms with Gasteiger partial charge in [0.05, 0.1) is 0 Å². The molecule has 0 radical (unpaired) electrons. The van der Waals surface area contributed by atoms with Gasteiger partial charge in [-0.2, -0.15) is 0 Å². The van der Waals surface area contributed by atoms with E-state index in [1.807, 2.05) is 0 Å². The molecule has 16 heavy (non-hydrogen) atoms. The van der Waals surface area contributed by atoms with Gasteiger partial charge in [0.2, 0.25) is 11.8 Å². The van der Waals surface area contributed by atoms with Crippen molar-refractivity contribution in [1.82, 2.24) is 10.2 Å². The van der Waals surface area contributed by atoms with Gasteiger partial charge in [-0.1, -0.05) is 0 Å². The Morgan fingerprint density at radius 3 is 2.38 bits per heavy atom. The predicted octanol–water partition coefficient (Wildman–Crippen LogP) is -0.413. The second kappa shape index (κ2) is 4.96. The minimum atomic E-state index is -1.03. The molecule has 1 saturated carbocycles. The monoisotopic (exact) mass is 228 g/mol. The fourth-order valence-electron chi connectivity index (χ4n) is 1.53. The molecule has 0 spiro atoms. The van der Waals surface area contributed by atoms with Gasteiger partial charge in [-0.25, -0.2) is 0 Å². The second-order valence-corrected chi connectivity index (χ2v) is 4.01. The molecule has 1 atom stereocenters. The topological polar surface area (TPSA) is 86.7 Å². The molecular formula is C10H16N2O4. The van der Waals surface area contributed by atoms with E-state index in [-0.39, 0.29) is 24.4 Å². The number of rotatable bonds is 5. The van der Waals surface area contributed by atoms with Gasteiger partial charge in [0.15, 0.2) is 0 Å². The number of carboxylic acid groups (broad SMARTS) is 1. The Kier molecular flexibility index (Phi) is 3.87. The molecule has 1 aliphatic rings. The zero-order valence-electron chi connectivity index (χ0n) is 9.40. The number of nitrogens with zero attached hydrogens (tertiary/aromatic N) is 1. The van der Waals surface area contributed by atoms with E-state index >= 15 is 0 Å². The van der Waals surface area contributed by atoms with E-state index in [9.17, 15) is 14.4 Å². The van der Waals surface area contributed by atoms with Crippen molar-refractivity contribution < 1.29 is 19.5 Å². The maximum absolute atomic E-state index is 11.8. The van der Waals surface area contributed by atoms with Crippen molar-refractivity contribution in [3.05, 3.63) is 0 Å². The number of hydrogen-bond donors (Lipinski definition) is 2. The number of carbonyl (C=O) groups is 3. The average Bonchev–Trinajstić information content (AvgIpc) is 2.94. The van der Waals surface area contributed by atoms with Crippen LogP contribution in [0.1, 0.15) is 26.7 Å². The van der Waals surface area contributed by atoms with Gasteiger partial charge >= 0.3 is 5.97 Å². The van der Waals surface area contributed by atoms with Crippen molar-refractivity contribution in [2.75, 3.05) is 6.54 Å². The summed E-state index contributed by atoms with van der Waals surface area (Å²) >= 11 is 0. The number of nitrogens with one attached hydrogen (secondary N) is 1.